The van der Waals surface area contributed by atoms with Crippen molar-refractivity contribution in [3.8, 4) is 5.75 Å². The van der Waals surface area contributed by atoms with E-state index in [1.165, 1.54) is 11.8 Å². The summed E-state index contributed by atoms with van der Waals surface area (Å²) >= 11 is 1.51. The fourth-order valence-electron chi connectivity index (χ4n) is 3.36. The Bertz CT molecular complexity index is 955. The minimum absolute atomic E-state index is 0.326. The van der Waals surface area contributed by atoms with E-state index >= 15 is 0 Å². The van der Waals surface area contributed by atoms with Crippen molar-refractivity contribution in [2.75, 3.05) is 18.6 Å². The SMILES string of the molecule is CCCCCCc1c(C)c2ccc(OCC(=O)N[C@@H](CCSC)C(=O)O)cc2oc1=O. The lowest BCUT2D eigenvalue weighted by atomic mass is 10.0. The molecule has 0 unspecified atom stereocenters. The van der Waals surface area contributed by atoms with E-state index in [2.05, 4.69) is 12.2 Å². The highest BCUT2D eigenvalue weighted by Crippen LogP contribution is 2.25. The molecule has 0 fully saturated rings. The summed E-state index contributed by atoms with van der Waals surface area (Å²) in [5.74, 6) is -0.594. The van der Waals surface area contributed by atoms with Crippen LogP contribution in [0.2, 0.25) is 0 Å². The van der Waals surface area contributed by atoms with Gasteiger partial charge in [0.15, 0.2) is 6.61 Å². The van der Waals surface area contributed by atoms with Crippen LogP contribution in [0, 0.1) is 6.92 Å². The highest BCUT2D eigenvalue weighted by atomic mass is 32.2. The number of fused-ring (bicyclic) bond motifs is 1. The van der Waals surface area contributed by atoms with Gasteiger partial charge in [-0.05, 0) is 55.9 Å². The molecule has 0 aliphatic rings. The number of aliphatic carboxylic acids is 1. The van der Waals surface area contributed by atoms with Crippen LogP contribution in [-0.4, -0.2) is 41.6 Å². The molecule has 1 aromatic heterocycles. The Morgan fingerprint density at radius 3 is 2.71 bits per heavy atom. The fourth-order valence-corrected chi connectivity index (χ4v) is 3.83. The summed E-state index contributed by atoms with van der Waals surface area (Å²) in [7, 11) is 0. The Labute approximate surface area is 186 Å². The molecule has 0 aliphatic heterocycles. The third kappa shape index (κ3) is 7.31. The molecule has 1 atom stereocenters. The van der Waals surface area contributed by atoms with Crippen LogP contribution in [0.3, 0.4) is 0 Å². The number of carboxylic acid groups (broad SMARTS) is 1. The van der Waals surface area contributed by atoms with E-state index in [0.29, 0.717) is 35.5 Å². The van der Waals surface area contributed by atoms with Crippen LogP contribution in [0.25, 0.3) is 11.0 Å². The topological polar surface area (TPSA) is 106 Å². The fraction of sp³-hybridized carbons (Fsp3) is 0.522. The second kappa shape index (κ2) is 12.4. The number of hydrogen-bond acceptors (Lipinski definition) is 6. The molecule has 2 rings (SSSR count). The van der Waals surface area contributed by atoms with Crippen molar-refractivity contribution in [1.29, 1.82) is 0 Å². The Kier molecular flexibility index (Phi) is 9.91. The van der Waals surface area contributed by atoms with Gasteiger partial charge in [0.05, 0.1) is 0 Å². The van der Waals surface area contributed by atoms with Crippen molar-refractivity contribution >= 4 is 34.6 Å². The minimum atomic E-state index is -1.07. The normalized spacial score (nSPS) is 12.0. The molecule has 7 nitrogen and oxygen atoms in total. The standard InChI is InChI=1S/C23H31NO6S/c1-4-5-6-7-8-18-15(2)17-10-9-16(13-20(17)30-23(18)28)29-14-21(25)24-19(22(26)27)11-12-31-3/h9-10,13,19H,4-8,11-12,14H2,1-3H3,(H,24,25)(H,26,27)/t19-/m0/s1. The average molecular weight is 450 g/mol. The number of benzene rings is 1. The van der Waals surface area contributed by atoms with Crippen LogP contribution in [0.4, 0.5) is 0 Å². The minimum Gasteiger partial charge on any atom is -0.484 e. The van der Waals surface area contributed by atoms with Crippen LogP contribution in [0.5, 0.6) is 5.75 Å². The third-order valence-corrected chi connectivity index (χ3v) is 5.80. The molecule has 0 radical (unpaired) electrons. The molecular weight excluding hydrogens is 418 g/mol. The van der Waals surface area contributed by atoms with Crippen LogP contribution in [0.1, 0.15) is 50.2 Å². The van der Waals surface area contributed by atoms with E-state index in [4.69, 9.17) is 9.15 Å². The first-order valence-corrected chi connectivity index (χ1v) is 12.0. The zero-order valence-electron chi connectivity index (χ0n) is 18.4. The average Bonchev–Trinajstić information content (AvgIpc) is 2.74. The Morgan fingerprint density at radius 2 is 2.03 bits per heavy atom. The smallest absolute Gasteiger partial charge is 0.339 e. The van der Waals surface area contributed by atoms with E-state index in [-0.39, 0.29) is 12.2 Å². The zero-order chi connectivity index (χ0) is 22.8. The monoisotopic (exact) mass is 449 g/mol. The molecule has 0 bridgehead atoms. The Morgan fingerprint density at radius 1 is 1.26 bits per heavy atom. The first kappa shape index (κ1) is 24.8. The summed E-state index contributed by atoms with van der Waals surface area (Å²) in [5, 5.41) is 12.5. The number of ether oxygens (including phenoxy) is 1. The summed E-state index contributed by atoms with van der Waals surface area (Å²) < 4.78 is 11.0. The molecular formula is C23H31NO6S. The van der Waals surface area contributed by atoms with Gasteiger partial charge in [0, 0.05) is 17.0 Å². The molecule has 0 aliphatic carbocycles. The number of unbranched alkanes of at least 4 members (excludes halogenated alkanes) is 3. The number of carbonyl (C=O) groups is 2. The largest absolute Gasteiger partial charge is 0.484 e. The Hall–Kier alpha value is -2.48. The van der Waals surface area contributed by atoms with Crippen LogP contribution < -0.4 is 15.7 Å². The highest BCUT2D eigenvalue weighted by Gasteiger charge is 2.19. The maximum absolute atomic E-state index is 12.4. The molecule has 1 amide bonds. The van der Waals surface area contributed by atoms with Gasteiger partial charge in [-0.15, -0.1) is 0 Å². The number of thioether (sulfide) groups is 1. The predicted molar refractivity (Wildman–Crippen MR) is 123 cm³/mol. The van der Waals surface area contributed by atoms with Gasteiger partial charge in [0.25, 0.3) is 5.91 Å². The predicted octanol–water partition coefficient (Wildman–Crippen LogP) is 3.93. The number of rotatable bonds is 13. The van der Waals surface area contributed by atoms with Gasteiger partial charge in [-0.3, -0.25) is 4.79 Å². The lowest BCUT2D eigenvalue weighted by Gasteiger charge is -2.14. The van der Waals surface area contributed by atoms with E-state index in [1.54, 1.807) is 12.1 Å². The summed E-state index contributed by atoms with van der Waals surface area (Å²) in [6.45, 7) is 3.74. The first-order valence-electron chi connectivity index (χ1n) is 10.6. The molecule has 2 aromatic rings. The maximum Gasteiger partial charge on any atom is 0.339 e. The number of carbonyl (C=O) groups excluding carboxylic acids is 1. The van der Waals surface area contributed by atoms with Crippen molar-refractivity contribution in [3.05, 3.63) is 39.7 Å². The molecule has 0 saturated carbocycles. The molecule has 0 saturated heterocycles. The Balaban J connectivity index is 2.05. The van der Waals surface area contributed by atoms with Crippen molar-refractivity contribution in [2.45, 2.75) is 58.4 Å². The van der Waals surface area contributed by atoms with Gasteiger partial charge < -0.3 is 19.6 Å². The highest BCUT2D eigenvalue weighted by molar-refractivity contribution is 7.98. The van der Waals surface area contributed by atoms with E-state index < -0.39 is 17.9 Å². The summed E-state index contributed by atoms with van der Waals surface area (Å²) in [6.07, 6.45) is 7.24. The van der Waals surface area contributed by atoms with E-state index in [1.807, 2.05) is 19.2 Å². The van der Waals surface area contributed by atoms with Crippen LogP contribution in [-0.2, 0) is 16.0 Å². The lowest BCUT2D eigenvalue weighted by molar-refractivity contribution is -0.142. The number of aryl methyl sites for hydroxylation is 1. The molecule has 2 N–H and O–H groups in total. The third-order valence-electron chi connectivity index (χ3n) is 5.15. The number of hydrogen-bond donors (Lipinski definition) is 2. The molecule has 1 heterocycles. The van der Waals surface area contributed by atoms with Crippen molar-refractivity contribution in [2.24, 2.45) is 0 Å². The van der Waals surface area contributed by atoms with Gasteiger partial charge in [-0.2, -0.15) is 11.8 Å². The van der Waals surface area contributed by atoms with Gasteiger partial charge >= 0.3 is 11.6 Å². The summed E-state index contributed by atoms with van der Waals surface area (Å²) in [5.41, 5.74) is 1.68. The zero-order valence-corrected chi connectivity index (χ0v) is 19.2. The number of amides is 1. The second-order valence-electron chi connectivity index (χ2n) is 7.49. The number of carboxylic acids is 1. The van der Waals surface area contributed by atoms with Crippen LogP contribution >= 0.6 is 11.8 Å². The van der Waals surface area contributed by atoms with Gasteiger partial charge in [-0.1, -0.05) is 26.2 Å². The van der Waals surface area contributed by atoms with Crippen molar-refractivity contribution in [1.82, 2.24) is 5.32 Å². The molecule has 8 heteroatoms. The van der Waals surface area contributed by atoms with Crippen molar-refractivity contribution < 1.29 is 23.8 Å². The van der Waals surface area contributed by atoms with Gasteiger partial charge in [0.2, 0.25) is 0 Å². The lowest BCUT2D eigenvalue weighted by Crippen LogP contribution is -2.43. The van der Waals surface area contributed by atoms with E-state index in [0.717, 1.165) is 36.6 Å². The first-order chi connectivity index (χ1) is 14.9. The van der Waals surface area contributed by atoms with Gasteiger partial charge in [0.1, 0.15) is 17.4 Å². The maximum atomic E-state index is 12.4. The molecule has 0 spiro atoms. The molecule has 1 aromatic carbocycles. The summed E-state index contributed by atoms with van der Waals surface area (Å²) in [4.78, 5) is 35.8. The quantitative estimate of drug-likeness (QED) is 0.353. The molecule has 31 heavy (non-hydrogen) atoms. The molecule has 170 valence electrons. The van der Waals surface area contributed by atoms with E-state index in [9.17, 15) is 19.5 Å². The van der Waals surface area contributed by atoms with Crippen molar-refractivity contribution in [3.63, 3.8) is 0 Å². The summed E-state index contributed by atoms with van der Waals surface area (Å²) in [6, 6.07) is 4.16. The van der Waals surface area contributed by atoms with Gasteiger partial charge in [-0.25, -0.2) is 9.59 Å². The van der Waals surface area contributed by atoms with Crippen LogP contribution in [0.15, 0.2) is 27.4 Å². The second-order valence-corrected chi connectivity index (χ2v) is 8.48. The number of nitrogens with one attached hydrogen (secondary N) is 1.